The number of rotatable bonds is 3. The molecule has 0 spiro atoms. The smallest absolute Gasteiger partial charge is 0.296 e. The molecule has 7 nitrogen and oxygen atoms in total. The molecule has 5 aromatic rings. The zero-order valence-corrected chi connectivity index (χ0v) is 17.9. The number of aromatic nitrogens is 1. The highest BCUT2D eigenvalue weighted by atomic mass is 16.5. The fourth-order valence-electron chi connectivity index (χ4n) is 4.51. The third kappa shape index (κ3) is 2.79. The summed E-state index contributed by atoms with van der Waals surface area (Å²) in [6.07, 6.45) is 0. The maximum Gasteiger partial charge on any atom is 0.296 e. The van der Waals surface area contributed by atoms with Crippen molar-refractivity contribution in [1.29, 1.82) is 0 Å². The van der Waals surface area contributed by atoms with Gasteiger partial charge in [0.2, 0.25) is 5.76 Å². The molecule has 1 aliphatic rings. The van der Waals surface area contributed by atoms with Crippen molar-refractivity contribution in [2.24, 2.45) is 0 Å². The van der Waals surface area contributed by atoms with Crippen molar-refractivity contribution in [3.05, 3.63) is 99.6 Å². The number of anilines is 1. The predicted octanol–water partition coefficient (Wildman–Crippen LogP) is 5.00. The van der Waals surface area contributed by atoms with Crippen LogP contribution in [0, 0.1) is 6.92 Å². The van der Waals surface area contributed by atoms with E-state index in [-0.39, 0.29) is 16.8 Å². The number of carbonyl (C=O) groups is 1. The summed E-state index contributed by atoms with van der Waals surface area (Å²) in [5, 5.41) is 6.18. The van der Waals surface area contributed by atoms with Gasteiger partial charge in [0.25, 0.3) is 5.91 Å². The van der Waals surface area contributed by atoms with Crippen molar-refractivity contribution in [3.8, 4) is 5.75 Å². The van der Waals surface area contributed by atoms with Gasteiger partial charge in [-0.2, -0.15) is 0 Å². The summed E-state index contributed by atoms with van der Waals surface area (Å²) >= 11 is 0. The quantitative estimate of drug-likeness (QED) is 0.369. The van der Waals surface area contributed by atoms with Crippen LogP contribution in [0.2, 0.25) is 0 Å². The van der Waals surface area contributed by atoms with E-state index in [0.717, 1.165) is 16.3 Å². The fraction of sp³-hybridized carbons (Fsp3) is 0.115. The Hall–Kier alpha value is -4.39. The summed E-state index contributed by atoms with van der Waals surface area (Å²) < 4.78 is 16.7. The van der Waals surface area contributed by atoms with Crippen LogP contribution in [0.15, 0.2) is 80.5 Å². The van der Waals surface area contributed by atoms with Crippen LogP contribution in [-0.2, 0) is 0 Å². The molecule has 0 fully saturated rings. The number of methoxy groups -OCH3 is 1. The van der Waals surface area contributed by atoms with E-state index in [1.54, 1.807) is 38.3 Å². The number of fused-ring (bicyclic) bond motifs is 4. The number of benzene rings is 3. The van der Waals surface area contributed by atoms with Gasteiger partial charge in [-0.05, 0) is 36.1 Å². The molecule has 1 unspecified atom stereocenters. The number of aryl methyl sites for hydroxylation is 1. The largest absolute Gasteiger partial charge is 0.497 e. The molecule has 0 aliphatic carbocycles. The second kappa shape index (κ2) is 7.06. The minimum absolute atomic E-state index is 0.0188. The Morgan fingerprint density at radius 2 is 1.76 bits per heavy atom. The van der Waals surface area contributed by atoms with E-state index in [2.05, 4.69) is 5.16 Å². The van der Waals surface area contributed by atoms with Gasteiger partial charge in [0, 0.05) is 11.5 Å². The molecule has 1 atom stereocenters. The molecule has 0 saturated carbocycles. The third-order valence-corrected chi connectivity index (χ3v) is 6.06. The number of amides is 1. The highest BCUT2D eigenvalue weighted by molar-refractivity contribution is 6.12. The zero-order valence-electron chi connectivity index (χ0n) is 17.9. The lowest BCUT2D eigenvalue weighted by atomic mass is 9.97. The molecule has 3 heterocycles. The summed E-state index contributed by atoms with van der Waals surface area (Å²) in [7, 11) is 1.58. The van der Waals surface area contributed by atoms with E-state index in [1.807, 2.05) is 42.5 Å². The average molecular weight is 438 g/mol. The third-order valence-electron chi connectivity index (χ3n) is 6.06. The topological polar surface area (TPSA) is 85.8 Å². The number of carbonyl (C=O) groups excluding carboxylic acids is 1. The van der Waals surface area contributed by atoms with Gasteiger partial charge in [-0.25, -0.2) is 0 Å². The van der Waals surface area contributed by atoms with E-state index < -0.39 is 11.9 Å². The van der Waals surface area contributed by atoms with Crippen LogP contribution < -0.4 is 15.1 Å². The van der Waals surface area contributed by atoms with Crippen molar-refractivity contribution in [3.63, 3.8) is 0 Å². The van der Waals surface area contributed by atoms with Crippen LogP contribution in [-0.4, -0.2) is 18.2 Å². The summed E-state index contributed by atoms with van der Waals surface area (Å²) in [4.78, 5) is 28.9. The summed E-state index contributed by atoms with van der Waals surface area (Å²) in [5.74, 6) is 1.12. The molecule has 33 heavy (non-hydrogen) atoms. The lowest BCUT2D eigenvalue weighted by molar-refractivity contribution is 0.0969. The first-order chi connectivity index (χ1) is 16.1. The minimum Gasteiger partial charge on any atom is -0.497 e. The Kier molecular flexibility index (Phi) is 4.13. The molecule has 1 aliphatic heterocycles. The normalized spacial score (nSPS) is 15.4. The first-order valence-corrected chi connectivity index (χ1v) is 10.5. The summed E-state index contributed by atoms with van der Waals surface area (Å²) in [5.41, 5.74) is 1.18. The molecule has 0 bridgehead atoms. The Bertz CT molecular complexity index is 1610. The van der Waals surface area contributed by atoms with Gasteiger partial charge >= 0.3 is 0 Å². The van der Waals surface area contributed by atoms with E-state index in [4.69, 9.17) is 13.7 Å². The molecule has 7 heteroatoms. The Labute approximate surface area is 187 Å². The standard InChI is InChI=1S/C26H18N2O5/c1-14-13-20(27-33-14)28-22(16-7-10-17(31-2)11-8-16)21-23(29)19-12-9-15-5-3-4-6-18(15)24(19)32-25(21)26(28)30/h3-13,22H,1-2H3. The Balaban J connectivity index is 1.66. The second-order valence-electron chi connectivity index (χ2n) is 7.98. The van der Waals surface area contributed by atoms with Gasteiger partial charge in [0.05, 0.1) is 24.1 Å². The molecular weight excluding hydrogens is 420 g/mol. The fourth-order valence-corrected chi connectivity index (χ4v) is 4.51. The van der Waals surface area contributed by atoms with Gasteiger partial charge in [-0.15, -0.1) is 0 Å². The highest BCUT2D eigenvalue weighted by Crippen LogP contribution is 2.42. The molecule has 1 amide bonds. The van der Waals surface area contributed by atoms with Crippen molar-refractivity contribution in [2.75, 3.05) is 12.0 Å². The first kappa shape index (κ1) is 19.3. The van der Waals surface area contributed by atoms with Gasteiger partial charge in [0.1, 0.15) is 17.1 Å². The maximum absolute atomic E-state index is 13.8. The van der Waals surface area contributed by atoms with Crippen LogP contribution in [0.3, 0.4) is 0 Å². The molecule has 0 N–H and O–H groups in total. The zero-order chi connectivity index (χ0) is 22.7. The first-order valence-electron chi connectivity index (χ1n) is 10.5. The van der Waals surface area contributed by atoms with Crippen molar-refractivity contribution in [1.82, 2.24) is 5.16 Å². The minimum atomic E-state index is -0.713. The van der Waals surface area contributed by atoms with Gasteiger partial charge in [-0.3, -0.25) is 14.5 Å². The molecule has 3 aromatic carbocycles. The van der Waals surface area contributed by atoms with Crippen LogP contribution >= 0.6 is 0 Å². The van der Waals surface area contributed by atoms with Gasteiger partial charge < -0.3 is 13.7 Å². The molecule has 162 valence electrons. The molecule has 2 aromatic heterocycles. The summed E-state index contributed by atoms with van der Waals surface area (Å²) in [6.45, 7) is 1.75. The number of nitrogens with zero attached hydrogens (tertiary/aromatic N) is 2. The van der Waals surface area contributed by atoms with Crippen molar-refractivity contribution in [2.45, 2.75) is 13.0 Å². The van der Waals surface area contributed by atoms with Gasteiger partial charge in [-0.1, -0.05) is 47.6 Å². The lowest BCUT2D eigenvalue weighted by Crippen LogP contribution is -2.29. The predicted molar refractivity (Wildman–Crippen MR) is 123 cm³/mol. The van der Waals surface area contributed by atoms with Crippen LogP contribution in [0.4, 0.5) is 5.82 Å². The van der Waals surface area contributed by atoms with E-state index >= 15 is 0 Å². The highest BCUT2D eigenvalue weighted by Gasteiger charge is 2.45. The maximum atomic E-state index is 13.8. The number of ether oxygens (including phenoxy) is 1. The van der Waals surface area contributed by atoms with E-state index in [1.165, 1.54) is 4.90 Å². The summed E-state index contributed by atoms with van der Waals surface area (Å²) in [6, 6.07) is 19.4. The SMILES string of the molecule is COc1ccc(C2c3c(oc4c(ccc5ccccc54)c3=O)C(=O)N2c2cc(C)on2)cc1. The van der Waals surface area contributed by atoms with Crippen LogP contribution in [0.5, 0.6) is 5.75 Å². The van der Waals surface area contributed by atoms with Gasteiger partial charge in [0.15, 0.2) is 11.2 Å². The lowest BCUT2D eigenvalue weighted by Gasteiger charge is -2.22. The molecule has 6 rings (SSSR count). The number of hydrogen-bond acceptors (Lipinski definition) is 6. The van der Waals surface area contributed by atoms with Crippen molar-refractivity contribution < 1.29 is 18.5 Å². The molecular formula is C26H18N2O5. The Morgan fingerprint density at radius 1 is 0.970 bits per heavy atom. The second-order valence-corrected chi connectivity index (χ2v) is 7.98. The van der Waals surface area contributed by atoms with E-state index in [0.29, 0.717) is 28.3 Å². The monoisotopic (exact) mass is 438 g/mol. The van der Waals surface area contributed by atoms with Crippen LogP contribution in [0.25, 0.3) is 21.7 Å². The Morgan fingerprint density at radius 3 is 2.48 bits per heavy atom. The average Bonchev–Trinajstić information content (AvgIpc) is 3.40. The molecule has 0 radical (unpaired) electrons. The molecule has 0 saturated heterocycles. The number of hydrogen-bond donors (Lipinski definition) is 0. The van der Waals surface area contributed by atoms with Crippen LogP contribution in [0.1, 0.15) is 33.5 Å². The van der Waals surface area contributed by atoms with E-state index in [9.17, 15) is 9.59 Å². The van der Waals surface area contributed by atoms with Crippen molar-refractivity contribution >= 4 is 33.5 Å².